The van der Waals surface area contributed by atoms with Crippen LogP contribution in [0.2, 0.25) is 0 Å². The van der Waals surface area contributed by atoms with Crippen molar-refractivity contribution >= 4 is 5.97 Å². The van der Waals surface area contributed by atoms with Crippen LogP contribution < -0.4 is 0 Å². The molecule has 21 heavy (non-hydrogen) atoms. The predicted octanol–water partition coefficient (Wildman–Crippen LogP) is 2.75. The minimum absolute atomic E-state index is 0.0831. The molecule has 1 heterocycles. The normalized spacial score (nSPS) is 14.0. The molecule has 0 bridgehead atoms. The van der Waals surface area contributed by atoms with E-state index in [9.17, 15) is 4.79 Å². The lowest BCUT2D eigenvalue weighted by atomic mass is 10.0. The largest absolute Gasteiger partial charge is 0.481 e. The van der Waals surface area contributed by atoms with Crippen LogP contribution in [0.15, 0.2) is 24.3 Å². The third-order valence-corrected chi connectivity index (χ3v) is 4.14. The van der Waals surface area contributed by atoms with Crippen LogP contribution in [0.25, 0.3) is 0 Å². The maximum atomic E-state index is 10.7. The maximum absolute atomic E-state index is 10.7. The number of nitrogens with zero attached hydrogens (tertiary/aromatic N) is 2. The Bertz CT molecular complexity index is 656. The lowest BCUT2D eigenvalue weighted by Gasteiger charge is -2.15. The second-order valence-corrected chi connectivity index (χ2v) is 5.73. The van der Waals surface area contributed by atoms with Crippen molar-refractivity contribution in [1.82, 2.24) is 9.55 Å². The van der Waals surface area contributed by atoms with E-state index in [0.29, 0.717) is 0 Å². The zero-order valence-corrected chi connectivity index (χ0v) is 12.3. The van der Waals surface area contributed by atoms with Crippen LogP contribution >= 0.6 is 0 Å². The van der Waals surface area contributed by atoms with E-state index in [-0.39, 0.29) is 6.42 Å². The summed E-state index contributed by atoms with van der Waals surface area (Å²) in [7, 11) is 0. The van der Waals surface area contributed by atoms with Crippen LogP contribution in [0.3, 0.4) is 0 Å². The molecule has 0 amide bonds. The van der Waals surface area contributed by atoms with Crippen molar-refractivity contribution in [2.24, 2.45) is 0 Å². The highest BCUT2D eigenvalue weighted by molar-refractivity contribution is 5.70. The number of carboxylic acid groups (broad SMARTS) is 1. The molecule has 110 valence electrons. The quantitative estimate of drug-likeness (QED) is 0.939. The molecule has 1 N–H and O–H groups in total. The summed E-state index contributed by atoms with van der Waals surface area (Å²) in [6.07, 6.45) is 4.79. The van der Waals surface area contributed by atoms with E-state index in [1.54, 1.807) is 0 Å². The molecule has 1 aromatic heterocycles. The summed E-state index contributed by atoms with van der Waals surface area (Å²) in [5.41, 5.74) is 4.68. The molecule has 0 saturated heterocycles. The Hall–Kier alpha value is -2.10. The molecule has 1 aliphatic rings. The lowest BCUT2D eigenvalue weighted by molar-refractivity contribution is -0.136. The number of aliphatic carboxylic acids is 1. The standard InChI is InChI=1S/C17H20N2O2/c1-12-18-15-4-2-3-5-16(15)19(12)11-14-8-6-13(7-9-14)10-17(20)21/h6-9H,2-5,10-11H2,1H3,(H,20,21). The Labute approximate surface area is 124 Å². The molecule has 4 heteroatoms. The van der Waals surface area contributed by atoms with Crippen molar-refractivity contribution in [3.8, 4) is 0 Å². The Kier molecular flexibility index (Phi) is 3.78. The van der Waals surface area contributed by atoms with Gasteiger partial charge in [0, 0.05) is 12.2 Å². The Morgan fingerprint density at radius 1 is 1.19 bits per heavy atom. The van der Waals surface area contributed by atoms with Crippen LogP contribution in [0, 0.1) is 6.92 Å². The molecule has 3 rings (SSSR count). The van der Waals surface area contributed by atoms with Gasteiger partial charge >= 0.3 is 5.97 Å². The van der Waals surface area contributed by atoms with Gasteiger partial charge in [0.25, 0.3) is 0 Å². The van der Waals surface area contributed by atoms with Gasteiger partial charge in [-0.3, -0.25) is 4.79 Å². The zero-order chi connectivity index (χ0) is 14.8. The van der Waals surface area contributed by atoms with Gasteiger partial charge in [-0.25, -0.2) is 4.98 Å². The Morgan fingerprint density at radius 2 is 1.86 bits per heavy atom. The number of carbonyl (C=O) groups is 1. The van der Waals surface area contributed by atoms with Crippen molar-refractivity contribution in [3.05, 3.63) is 52.6 Å². The van der Waals surface area contributed by atoms with Crippen molar-refractivity contribution < 1.29 is 9.90 Å². The summed E-state index contributed by atoms with van der Waals surface area (Å²) in [6, 6.07) is 7.85. The molecule has 0 saturated carbocycles. The summed E-state index contributed by atoms with van der Waals surface area (Å²) in [5.74, 6) is 0.291. The van der Waals surface area contributed by atoms with E-state index in [1.807, 2.05) is 24.3 Å². The fourth-order valence-corrected chi connectivity index (χ4v) is 3.07. The molecule has 0 atom stereocenters. The third kappa shape index (κ3) is 2.99. The fraction of sp³-hybridized carbons (Fsp3) is 0.412. The van der Waals surface area contributed by atoms with Crippen LogP contribution in [-0.2, 0) is 30.6 Å². The summed E-state index contributed by atoms with van der Waals surface area (Å²) in [5, 5.41) is 8.80. The molecule has 0 spiro atoms. The number of fused-ring (bicyclic) bond motifs is 1. The highest BCUT2D eigenvalue weighted by Crippen LogP contribution is 2.23. The van der Waals surface area contributed by atoms with Crippen molar-refractivity contribution in [2.75, 3.05) is 0 Å². The average molecular weight is 284 g/mol. The molecule has 1 aromatic carbocycles. The molecular weight excluding hydrogens is 264 g/mol. The third-order valence-electron chi connectivity index (χ3n) is 4.14. The van der Waals surface area contributed by atoms with Gasteiger partial charge in [-0.15, -0.1) is 0 Å². The van der Waals surface area contributed by atoms with Gasteiger partial charge in [0.05, 0.1) is 12.1 Å². The van der Waals surface area contributed by atoms with Crippen LogP contribution in [0.4, 0.5) is 0 Å². The molecule has 0 fully saturated rings. The van der Waals surface area contributed by atoms with E-state index in [2.05, 4.69) is 16.5 Å². The molecule has 0 unspecified atom stereocenters. The Morgan fingerprint density at radius 3 is 2.57 bits per heavy atom. The monoisotopic (exact) mass is 284 g/mol. The maximum Gasteiger partial charge on any atom is 0.307 e. The molecule has 2 aromatic rings. The first-order valence-corrected chi connectivity index (χ1v) is 7.48. The minimum Gasteiger partial charge on any atom is -0.481 e. The number of hydrogen-bond donors (Lipinski definition) is 1. The number of benzene rings is 1. The first-order valence-electron chi connectivity index (χ1n) is 7.48. The van der Waals surface area contributed by atoms with E-state index in [4.69, 9.17) is 5.11 Å². The second kappa shape index (κ2) is 5.72. The predicted molar refractivity (Wildman–Crippen MR) is 80.5 cm³/mol. The van der Waals surface area contributed by atoms with Gasteiger partial charge in [0.1, 0.15) is 5.82 Å². The fourth-order valence-electron chi connectivity index (χ4n) is 3.07. The SMILES string of the molecule is Cc1nc2c(n1Cc1ccc(CC(=O)O)cc1)CCCC2. The van der Waals surface area contributed by atoms with E-state index in [0.717, 1.165) is 30.8 Å². The number of imidazole rings is 1. The van der Waals surface area contributed by atoms with E-state index < -0.39 is 5.97 Å². The molecule has 0 aliphatic heterocycles. The first-order chi connectivity index (χ1) is 10.1. The van der Waals surface area contributed by atoms with Gasteiger partial charge in [0.2, 0.25) is 0 Å². The van der Waals surface area contributed by atoms with Gasteiger partial charge in [-0.2, -0.15) is 0 Å². The number of hydrogen-bond acceptors (Lipinski definition) is 2. The Balaban J connectivity index is 1.80. The van der Waals surface area contributed by atoms with Gasteiger partial charge in [-0.05, 0) is 43.7 Å². The van der Waals surface area contributed by atoms with E-state index >= 15 is 0 Å². The number of carboxylic acids is 1. The number of aromatic nitrogens is 2. The summed E-state index contributed by atoms with van der Waals surface area (Å²) >= 11 is 0. The van der Waals surface area contributed by atoms with E-state index in [1.165, 1.54) is 29.8 Å². The highest BCUT2D eigenvalue weighted by atomic mass is 16.4. The first kappa shape index (κ1) is 13.9. The topological polar surface area (TPSA) is 55.1 Å². The summed E-state index contributed by atoms with van der Waals surface area (Å²) in [4.78, 5) is 15.4. The highest BCUT2D eigenvalue weighted by Gasteiger charge is 2.17. The van der Waals surface area contributed by atoms with Gasteiger partial charge in [-0.1, -0.05) is 24.3 Å². The van der Waals surface area contributed by atoms with Crippen molar-refractivity contribution in [2.45, 2.75) is 45.6 Å². The van der Waals surface area contributed by atoms with Gasteiger partial charge in [0.15, 0.2) is 0 Å². The number of rotatable bonds is 4. The molecule has 1 aliphatic carbocycles. The number of aryl methyl sites for hydroxylation is 2. The molecule has 4 nitrogen and oxygen atoms in total. The smallest absolute Gasteiger partial charge is 0.307 e. The van der Waals surface area contributed by atoms with Crippen molar-refractivity contribution in [3.63, 3.8) is 0 Å². The van der Waals surface area contributed by atoms with Gasteiger partial charge < -0.3 is 9.67 Å². The average Bonchev–Trinajstić information content (AvgIpc) is 2.77. The lowest BCUT2D eigenvalue weighted by Crippen LogP contribution is -2.10. The molecular formula is C17H20N2O2. The summed E-state index contributed by atoms with van der Waals surface area (Å²) in [6.45, 7) is 2.89. The minimum atomic E-state index is -0.790. The molecule has 0 radical (unpaired) electrons. The van der Waals surface area contributed by atoms with Crippen LogP contribution in [-0.4, -0.2) is 20.6 Å². The second-order valence-electron chi connectivity index (χ2n) is 5.73. The van der Waals surface area contributed by atoms with Crippen molar-refractivity contribution in [1.29, 1.82) is 0 Å². The van der Waals surface area contributed by atoms with Crippen LogP contribution in [0.1, 0.15) is 41.2 Å². The van der Waals surface area contributed by atoms with Crippen LogP contribution in [0.5, 0.6) is 0 Å². The zero-order valence-electron chi connectivity index (χ0n) is 12.3. The summed E-state index contributed by atoms with van der Waals surface area (Å²) < 4.78 is 2.31.